The number of ketones is 1. The quantitative estimate of drug-likeness (QED) is 0.386. The molecule has 0 spiro atoms. The number of alkyl halides is 3. The van der Waals surface area contributed by atoms with Crippen molar-refractivity contribution in [3.8, 4) is 5.75 Å². The summed E-state index contributed by atoms with van der Waals surface area (Å²) in [5, 5.41) is 0. The number of Topliss-reactive ketones (excluding diaryl/α,β-unsaturated/α-hetero) is 1. The molecular weight excluding hydrogens is 269 g/mol. The van der Waals surface area contributed by atoms with E-state index in [-0.39, 0.29) is 11.5 Å². The summed E-state index contributed by atoms with van der Waals surface area (Å²) in [6.45, 7) is 3.62. The molecule has 1 aromatic carbocycles. The molecule has 5 heteroatoms. The largest absolute Gasteiger partial charge is 0.573 e. The van der Waals surface area contributed by atoms with Gasteiger partial charge in [-0.25, -0.2) is 0 Å². The monoisotopic (exact) mass is 286 g/mol. The van der Waals surface area contributed by atoms with Gasteiger partial charge in [0.05, 0.1) is 0 Å². The molecule has 0 aliphatic rings. The molecule has 2 nitrogen and oxygen atoms in total. The van der Waals surface area contributed by atoms with E-state index in [2.05, 4.69) is 11.3 Å². The summed E-state index contributed by atoms with van der Waals surface area (Å²) in [6.07, 6.45) is 1.15. The molecule has 0 radical (unpaired) electrons. The van der Waals surface area contributed by atoms with Crippen LogP contribution in [-0.4, -0.2) is 12.1 Å². The average Bonchev–Trinajstić information content (AvgIpc) is 2.37. The normalized spacial score (nSPS) is 11.2. The zero-order valence-corrected chi connectivity index (χ0v) is 11.1. The predicted octanol–water partition coefficient (Wildman–Crippen LogP) is 4.90. The van der Waals surface area contributed by atoms with E-state index in [1.807, 2.05) is 6.08 Å². The van der Waals surface area contributed by atoms with Gasteiger partial charge in [-0.15, -0.1) is 19.8 Å². The van der Waals surface area contributed by atoms with Gasteiger partial charge in [0.2, 0.25) is 0 Å². The van der Waals surface area contributed by atoms with Crippen molar-refractivity contribution in [2.24, 2.45) is 0 Å². The summed E-state index contributed by atoms with van der Waals surface area (Å²) >= 11 is 0. The van der Waals surface area contributed by atoms with E-state index in [0.29, 0.717) is 12.0 Å². The van der Waals surface area contributed by atoms with E-state index in [9.17, 15) is 18.0 Å². The van der Waals surface area contributed by atoms with Crippen molar-refractivity contribution in [3.05, 3.63) is 42.5 Å². The molecule has 0 N–H and O–H groups in total. The van der Waals surface area contributed by atoms with Gasteiger partial charge in [0.15, 0.2) is 5.78 Å². The minimum Gasteiger partial charge on any atom is -0.406 e. The van der Waals surface area contributed by atoms with Crippen molar-refractivity contribution in [3.63, 3.8) is 0 Å². The van der Waals surface area contributed by atoms with Crippen LogP contribution in [0, 0.1) is 0 Å². The molecule has 0 aliphatic carbocycles. The molecule has 0 bridgehead atoms. The van der Waals surface area contributed by atoms with Crippen LogP contribution in [0.5, 0.6) is 5.75 Å². The zero-order chi connectivity index (χ0) is 15.0. The second-order valence-electron chi connectivity index (χ2n) is 4.38. The number of benzene rings is 1. The highest BCUT2D eigenvalue weighted by molar-refractivity contribution is 5.96. The van der Waals surface area contributed by atoms with Crippen molar-refractivity contribution >= 4 is 5.78 Å². The number of ether oxygens (including phenoxy) is 1. The van der Waals surface area contributed by atoms with E-state index < -0.39 is 6.36 Å². The van der Waals surface area contributed by atoms with Crippen LogP contribution in [0.15, 0.2) is 36.9 Å². The fourth-order valence-corrected chi connectivity index (χ4v) is 1.74. The van der Waals surface area contributed by atoms with Gasteiger partial charge >= 0.3 is 6.36 Å². The third-order valence-corrected chi connectivity index (χ3v) is 2.72. The second-order valence-corrected chi connectivity index (χ2v) is 4.38. The first-order chi connectivity index (χ1) is 9.42. The molecule has 0 heterocycles. The van der Waals surface area contributed by atoms with E-state index in [0.717, 1.165) is 37.8 Å². The minimum absolute atomic E-state index is 0.0674. The maximum atomic E-state index is 12.0. The third-order valence-electron chi connectivity index (χ3n) is 2.72. The predicted molar refractivity (Wildman–Crippen MR) is 70.7 cm³/mol. The molecule has 0 unspecified atom stereocenters. The SMILES string of the molecule is C=CCCCCCC(=O)c1ccc(OC(F)(F)F)cc1. The van der Waals surface area contributed by atoms with Crippen molar-refractivity contribution in [2.45, 2.75) is 38.5 Å². The van der Waals surface area contributed by atoms with Crippen molar-refractivity contribution in [1.29, 1.82) is 0 Å². The molecule has 110 valence electrons. The van der Waals surface area contributed by atoms with Crippen molar-refractivity contribution < 1.29 is 22.7 Å². The lowest BCUT2D eigenvalue weighted by Gasteiger charge is -2.09. The van der Waals surface area contributed by atoms with Gasteiger partial charge < -0.3 is 4.74 Å². The number of rotatable bonds is 8. The van der Waals surface area contributed by atoms with Crippen LogP contribution in [0.25, 0.3) is 0 Å². The molecule has 0 atom stereocenters. The van der Waals surface area contributed by atoms with Gasteiger partial charge in [-0.2, -0.15) is 0 Å². The standard InChI is InChI=1S/C15H17F3O2/c1-2-3-4-5-6-7-14(19)12-8-10-13(11-9-12)20-15(16,17)18/h2,8-11H,1,3-7H2. The summed E-state index contributed by atoms with van der Waals surface area (Å²) < 4.78 is 39.7. The smallest absolute Gasteiger partial charge is 0.406 e. The van der Waals surface area contributed by atoms with Crippen LogP contribution < -0.4 is 4.74 Å². The fraction of sp³-hybridized carbons (Fsp3) is 0.400. The van der Waals surface area contributed by atoms with E-state index in [4.69, 9.17) is 0 Å². The molecule has 0 amide bonds. The van der Waals surface area contributed by atoms with E-state index in [1.165, 1.54) is 12.1 Å². The second kappa shape index (κ2) is 7.72. The molecular formula is C15H17F3O2. The van der Waals surface area contributed by atoms with Gasteiger partial charge in [0.25, 0.3) is 0 Å². The Kier molecular flexibility index (Phi) is 6.28. The average molecular weight is 286 g/mol. The number of carbonyl (C=O) groups is 1. The Hall–Kier alpha value is -1.78. The minimum atomic E-state index is -4.71. The van der Waals surface area contributed by atoms with Crippen LogP contribution in [0.3, 0.4) is 0 Å². The highest BCUT2D eigenvalue weighted by atomic mass is 19.4. The number of halogens is 3. The first-order valence-electron chi connectivity index (χ1n) is 6.42. The van der Waals surface area contributed by atoms with Crippen molar-refractivity contribution in [1.82, 2.24) is 0 Å². The number of hydrogen-bond donors (Lipinski definition) is 0. The van der Waals surface area contributed by atoms with Gasteiger partial charge in [-0.05, 0) is 43.5 Å². The van der Waals surface area contributed by atoms with Gasteiger partial charge in [0, 0.05) is 12.0 Å². The molecule has 0 fully saturated rings. The van der Waals surface area contributed by atoms with Gasteiger partial charge in [-0.3, -0.25) is 4.79 Å². The van der Waals surface area contributed by atoms with Gasteiger partial charge in [0.1, 0.15) is 5.75 Å². The van der Waals surface area contributed by atoms with Crippen LogP contribution in [0.2, 0.25) is 0 Å². The zero-order valence-electron chi connectivity index (χ0n) is 11.1. The number of allylic oxidation sites excluding steroid dienone is 1. The van der Waals surface area contributed by atoms with E-state index >= 15 is 0 Å². The Morgan fingerprint density at radius 3 is 2.35 bits per heavy atom. The van der Waals surface area contributed by atoms with Gasteiger partial charge in [-0.1, -0.05) is 12.5 Å². The summed E-state index contributed by atoms with van der Waals surface area (Å²) in [5.74, 6) is -0.387. The first-order valence-corrected chi connectivity index (χ1v) is 6.42. The highest BCUT2D eigenvalue weighted by Crippen LogP contribution is 2.23. The topological polar surface area (TPSA) is 26.3 Å². The first kappa shape index (κ1) is 16.3. The number of carbonyl (C=O) groups excluding carboxylic acids is 1. The highest BCUT2D eigenvalue weighted by Gasteiger charge is 2.30. The van der Waals surface area contributed by atoms with Crippen molar-refractivity contribution in [2.75, 3.05) is 0 Å². The molecule has 0 saturated heterocycles. The van der Waals surface area contributed by atoms with E-state index in [1.54, 1.807) is 0 Å². The molecule has 0 saturated carbocycles. The summed E-state index contributed by atoms with van der Waals surface area (Å²) in [7, 11) is 0. The van der Waals surface area contributed by atoms with Crippen LogP contribution in [0.1, 0.15) is 42.5 Å². The third kappa shape index (κ3) is 6.41. The lowest BCUT2D eigenvalue weighted by atomic mass is 10.0. The molecule has 0 aromatic heterocycles. The molecule has 1 rings (SSSR count). The number of hydrogen-bond acceptors (Lipinski definition) is 2. The number of unbranched alkanes of at least 4 members (excludes halogenated alkanes) is 3. The maximum Gasteiger partial charge on any atom is 0.573 e. The Labute approximate surface area is 116 Å². The fourth-order valence-electron chi connectivity index (χ4n) is 1.74. The van der Waals surface area contributed by atoms with Crippen LogP contribution in [0.4, 0.5) is 13.2 Å². The summed E-state index contributed by atoms with van der Waals surface area (Å²) in [5.41, 5.74) is 0.406. The van der Waals surface area contributed by atoms with Crippen LogP contribution >= 0.6 is 0 Å². The van der Waals surface area contributed by atoms with Crippen LogP contribution in [-0.2, 0) is 0 Å². The Morgan fingerprint density at radius 2 is 1.80 bits per heavy atom. The summed E-state index contributed by atoms with van der Waals surface area (Å²) in [4.78, 5) is 11.8. The lowest BCUT2D eigenvalue weighted by molar-refractivity contribution is -0.274. The molecule has 20 heavy (non-hydrogen) atoms. The summed E-state index contributed by atoms with van der Waals surface area (Å²) in [6, 6.07) is 5.01. The maximum absolute atomic E-state index is 12.0. The Morgan fingerprint density at radius 1 is 1.15 bits per heavy atom. The Balaban J connectivity index is 2.43. The Bertz CT molecular complexity index is 435. The lowest BCUT2D eigenvalue weighted by Crippen LogP contribution is -2.17. The molecule has 0 aliphatic heterocycles. The molecule has 1 aromatic rings.